The van der Waals surface area contributed by atoms with Gasteiger partial charge >= 0.3 is 0 Å². The number of rotatable bonds is 4. The average Bonchev–Trinajstić information content (AvgIpc) is 2.65. The zero-order valence-electron chi connectivity index (χ0n) is 17.8. The molecule has 0 aromatic heterocycles. The summed E-state index contributed by atoms with van der Waals surface area (Å²) in [4.78, 5) is 0. The molecule has 0 N–H and O–H groups in total. The van der Waals surface area contributed by atoms with E-state index in [-0.39, 0.29) is 10.8 Å². The summed E-state index contributed by atoms with van der Waals surface area (Å²) in [5.41, 5.74) is 7.19. The fraction of sp³-hybridized carbons (Fsp3) is 0.440. The molecule has 27 heavy (non-hydrogen) atoms. The number of hydrogen-bond donors (Lipinski definition) is 0. The van der Waals surface area contributed by atoms with E-state index in [4.69, 9.17) is 9.47 Å². The van der Waals surface area contributed by atoms with Gasteiger partial charge in [-0.15, -0.1) is 0 Å². The summed E-state index contributed by atoms with van der Waals surface area (Å²) < 4.78 is 10.8. The van der Waals surface area contributed by atoms with Crippen LogP contribution in [0.4, 0.5) is 0 Å². The van der Waals surface area contributed by atoms with Crippen LogP contribution in [0, 0.1) is 0 Å². The highest BCUT2D eigenvalue weighted by molar-refractivity contribution is 5.83. The van der Waals surface area contributed by atoms with Gasteiger partial charge < -0.3 is 9.47 Å². The molecule has 2 aromatic rings. The molecule has 1 aliphatic rings. The Labute approximate surface area is 164 Å². The van der Waals surface area contributed by atoms with Crippen LogP contribution in [0.1, 0.15) is 69.7 Å². The normalized spacial score (nSPS) is 18.0. The number of allylic oxidation sites excluding steroid dienone is 1. The maximum Gasteiger partial charge on any atom is 0.161 e. The van der Waals surface area contributed by atoms with Crippen LogP contribution in [0.25, 0.3) is 11.6 Å². The van der Waals surface area contributed by atoms with Crippen LogP contribution >= 0.6 is 0 Å². The van der Waals surface area contributed by atoms with Crippen molar-refractivity contribution in [3.05, 3.63) is 58.7 Å². The molecule has 0 atom stereocenters. The number of fused-ring (bicyclic) bond motifs is 1. The summed E-state index contributed by atoms with van der Waals surface area (Å²) in [6, 6.07) is 12.9. The molecular weight excluding hydrogens is 332 g/mol. The van der Waals surface area contributed by atoms with Crippen LogP contribution < -0.4 is 9.47 Å². The first-order valence-corrected chi connectivity index (χ1v) is 9.74. The molecule has 0 fully saturated rings. The molecule has 2 nitrogen and oxygen atoms in total. The molecule has 0 amide bonds. The Bertz CT molecular complexity index is 872. The summed E-state index contributed by atoms with van der Waals surface area (Å²) >= 11 is 0. The van der Waals surface area contributed by atoms with E-state index in [0.29, 0.717) is 0 Å². The van der Waals surface area contributed by atoms with Gasteiger partial charge in [0, 0.05) is 0 Å². The first-order chi connectivity index (χ1) is 12.7. The van der Waals surface area contributed by atoms with Crippen molar-refractivity contribution in [1.82, 2.24) is 0 Å². The Kier molecular flexibility index (Phi) is 5.12. The fourth-order valence-corrected chi connectivity index (χ4v) is 4.33. The molecule has 0 bridgehead atoms. The van der Waals surface area contributed by atoms with Gasteiger partial charge in [-0.1, -0.05) is 58.0 Å². The minimum Gasteiger partial charge on any atom is -0.493 e. The smallest absolute Gasteiger partial charge is 0.161 e. The van der Waals surface area contributed by atoms with E-state index < -0.39 is 0 Å². The lowest BCUT2D eigenvalue weighted by atomic mass is 9.61. The molecule has 2 aromatic carbocycles. The molecule has 0 heterocycles. The van der Waals surface area contributed by atoms with E-state index in [1.807, 2.05) is 12.1 Å². The molecule has 0 saturated carbocycles. The number of ether oxygens (including phenoxy) is 2. The topological polar surface area (TPSA) is 18.5 Å². The summed E-state index contributed by atoms with van der Waals surface area (Å²) in [5.74, 6) is 1.52. The molecule has 1 aliphatic carbocycles. The SMILES string of the molecule is COc1ccc(/C=C(\C)c2cccc3c2C(C)(C)CCC3(C)C)cc1OC. The lowest BCUT2D eigenvalue weighted by Crippen LogP contribution is -2.34. The van der Waals surface area contributed by atoms with Gasteiger partial charge in [0.05, 0.1) is 14.2 Å². The predicted octanol–water partition coefficient (Wildman–Crippen LogP) is 6.61. The van der Waals surface area contributed by atoms with Crippen molar-refractivity contribution in [2.45, 2.75) is 58.3 Å². The maximum atomic E-state index is 5.46. The summed E-state index contributed by atoms with van der Waals surface area (Å²) in [5, 5.41) is 0. The minimum absolute atomic E-state index is 0.189. The van der Waals surface area contributed by atoms with Crippen molar-refractivity contribution in [2.75, 3.05) is 14.2 Å². The van der Waals surface area contributed by atoms with Gasteiger partial charge in [-0.2, -0.15) is 0 Å². The van der Waals surface area contributed by atoms with Crippen molar-refractivity contribution in [3.63, 3.8) is 0 Å². The third-order valence-corrected chi connectivity index (χ3v) is 6.06. The van der Waals surface area contributed by atoms with Gasteiger partial charge in [0.1, 0.15) is 0 Å². The van der Waals surface area contributed by atoms with Crippen LogP contribution in [0.3, 0.4) is 0 Å². The van der Waals surface area contributed by atoms with E-state index in [1.165, 1.54) is 35.1 Å². The van der Waals surface area contributed by atoms with Crippen molar-refractivity contribution >= 4 is 11.6 Å². The molecule has 0 unspecified atom stereocenters. The van der Waals surface area contributed by atoms with Crippen LogP contribution in [0.5, 0.6) is 11.5 Å². The zero-order valence-corrected chi connectivity index (χ0v) is 17.8. The van der Waals surface area contributed by atoms with Crippen LogP contribution in [0.15, 0.2) is 36.4 Å². The molecule has 0 radical (unpaired) electrons. The van der Waals surface area contributed by atoms with Crippen LogP contribution in [-0.4, -0.2) is 14.2 Å². The Morgan fingerprint density at radius 1 is 0.889 bits per heavy atom. The van der Waals surface area contributed by atoms with Crippen molar-refractivity contribution < 1.29 is 9.47 Å². The third-order valence-electron chi connectivity index (χ3n) is 6.06. The lowest BCUT2D eigenvalue weighted by molar-refractivity contribution is 0.331. The van der Waals surface area contributed by atoms with E-state index in [9.17, 15) is 0 Å². The monoisotopic (exact) mass is 364 g/mol. The van der Waals surface area contributed by atoms with Gasteiger partial charge in [-0.05, 0) is 70.6 Å². The Morgan fingerprint density at radius 2 is 1.56 bits per heavy atom. The van der Waals surface area contributed by atoms with Crippen LogP contribution in [0.2, 0.25) is 0 Å². The lowest BCUT2D eigenvalue weighted by Gasteiger charge is -2.43. The van der Waals surface area contributed by atoms with Gasteiger partial charge in [-0.3, -0.25) is 0 Å². The van der Waals surface area contributed by atoms with Gasteiger partial charge in [0.2, 0.25) is 0 Å². The molecule has 3 rings (SSSR count). The highest BCUT2D eigenvalue weighted by Gasteiger charge is 2.38. The second-order valence-corrected chi connectivity index (χ2v) is 8.94. The van der Waals surface area contributed by atoms with E-state index in [2.05, 4.69) is 65.0 Å². The highest BCUT2D eigenvalue weighted by Crippen LogP contribution is 2.48. The molecule has 0 spiro atoms. The maximum absolute atomic E-state index is 5.46. The summed E-state index contributed by atoms with van der Waals surface area (Å²) in [6.45, 7) is 11.7. The standard InChI is InChI=1S/C25H32O2/c1-17(15-18-11-12-21(26-6)22(16-18)27-7)19-9-8-10-20-23(19)25(4,5)14-13-24(20,2)3/h8-12,15-16H,13-14H2,1-7H3/b17-15+. The minimum atomic E-state index is 0.189. The Balaban J connectivity index is 2.11. The highest BCUT2D eigenvalue weighted by atomic mass is 16.5. The van der Waals surface area contributed by atoms with Crippen molar-refractivity contribution in [3.8, 4) is 11.5 Å². The van der Waals surface area contributed by atoms with E-state index >= 15 is 0 Å². The Hall–Kier alpha value is -2.22. The molecule has 0 aliphatic heterocycles. The van der Waals surface area contributed by atoms with Crippen LogP contribution in [-0.2, 0) is 10.8 Å². The summed E-state index contributed by atoms with van der Waals surface area (Å²) in [6.07, 6.45) is 4.69. The Morgan fingerprint density at radius 3 is 2.22 bits per heavy atom. The first kappa shape index (κ1) is 19.5. The van der Waals surface area contributed by atoms with Gasteiger partial charge in [0.25, 0.3) is 0 Å². The van der Waals surface area contributed by atoms with Crippen molar-refractivity contribution in [2.24, 2.45) is 0 Å². The van der Waals surface area contributed by atoms with Gasteiger partial charge in [0.15, 0.2) is 11.5 Å². The second-order valence-electron chi connectivity index (χ2n) is 8.94. The molecule has 144 valence electrons. The number of methoxy groups -OCH3 is 2. The first-order valence-electron chi connectivity index (χ1n) is 9.74. The number of hydrogen-bond acceptors (Lipinski definition) is 2. The zero-order chi connectivity index (χ0) is 19.8. The third kappa shape index (κ3) is 3.63. The number of benzene rings is 2. The summed E-state index contributed by atoms with van der Waals surface area (Å²) in [7, 11) is 3.34. The molecule has 0 saturated heterocycles. The predicted molar refractivity (Wildman–Crippen MR) is 115 cm³/mol. The van der Waals surface area contributed by atoms with E-state index in [0.717, 1.165) is 17.1 Å². The average molecular weight is 365 g/mol. The van der Waals surface area contributed by atoms with Crippen molar-refractivity contribution in [1.29, 1.82) is 0 Å². The van der Waals surface area contributed by atoms with Gasteiger partial charge in [-0.25, -0.2) is 0 Å². The largest absolute Gasteiger partial charge is 0.493 e. The molecular formula is C25H32O2. The molecule has 2 heteroatoms. The second kappa shape index (κ2) is 7.07. The van der Waals surface area contributed by atoms with E-state index in [1.54, 1.807) is 14.2 Å². The quantitative estimate of drug-likeness (QED) is 0.568. The fourth-order valence-electron chi connectivity index (χ4n) is 4.33.